The van der Waals surface area contributed by atoms with E-state index in [2.05, 4.69) is 22.0 Å². The Labute approximate surface area is 119 Å². The molecule has 0 amide bonds. The van der Waals surface area contributed by atoms with Crippen molar-refractivity contribution in [2.24, 2.45) is 5.73 Å². The summed E-state index contributed by atoms with van der Waals surface area (Å²) in [7, 11) is 1.63. The van der Waals surface area contributed by atoms with Crippen molar-refractivity contribution in [1.82, 2.24) is 15.0 Å². The third-order valence-corrected chi connectivity index (χ3v) is 3.46. The maximum atomic E-state index is 5.73. The molecule has 1 aliphatic rings. The van der Waals surface area contributed by atoms with Crippen LogP contribution in [0.4, 0.5) is 0 Å². The third kappa shape index (κ3) is 3.99. The van der Waals surface area contributed by atoms with Crippen molar-refractivity contribution in [2.75, 3.05) is 39.9 Å². The zero-order valence-corrected chi connectivity index (χ0v) is 12.2. The molecule has 0 spiro atoms. The fourth-order valence-electron chi connectivity index (χ4n) is 2.32. The predicted octanol–water partition coefficient (Wildman–Crippen LogP) is 0.369. The SMILES string of the molecule is CCCN1CCOC(c2noc(CC(CN)OC)n2)C1. The van der Waals surface area contributed by atoms with Crippen molar-refractivity contribution in [1.29, 1.82) is 0 Å². The van der Waals surface area contributed by atoms with Gasteiger partial charge < -0.3 is 19.7 Å². The molecular formula is C13H24N4O3. The molecule has 2 atom stereocenters. The van der Waals surface area contributed by atoms with E-state index in [0.29, 0.717) is 31.3 Å². The number of nitrogens with two attached hydrogens (primary N) is 1. The Balaban J connectivity index is 1.94. The Hall–Kier alpha value is -1.02. The molecule has 7 nitrogen and oxygen atoms in total. The molecule has 1 saturated heterocycles. The van der Waals surface area contributed by atoms with Gasteiger partial charge in [0.1, 0.15) is 6.10 Å². The van der Waals surface area contributed by atoms with Gasteiger partial charge in [-0.1, -0.05) is 12.1 Å². The lowest BCUT2D eigenvalue weighted by atomic mass is 10.2. The molecule has 114 valence electrons. The van der Waals surface area contributed by atoms with Crippen molar-refractivity contribution in [3.63, 3.8) is 0 Å². The summed E-state index contributed by atoms with van der Waals surface area (Å²) >= 11 is 0. The fourth-order valence-corrected chi connectivity index (χ4v) is 2.32. The second kappa shape index (κ2) is 7.68. The van der Waals surface area contributed by atoms with Crippen LogP contribution in [-0.4, -0.2) is 61.0 Å². The van der Waals surface area contributed by atoms with Crippen LogP contribution in [0.2, 0.25) is 0 Å². The zero-order chi connectivity index (χ0) is 14.4. The highest BCUT2D eigenvalue weighted by Crippen LogP contribution is 2.20. The number of hydrogen-bond donors (Lipinski definition) is 1. The highest BCUT2D eigenvalue weighted by Gasteiger charge is 2.26. The first kappa shape index (κ1) is 15.4. The summed E-state index contributed by atoms with van der Waals surface area (Å²) in [6, 6.07) is 0. The highest BCUT2D eigenvalue weighted by atomic mass is 16.5. The molecule has 1 aliphatic heterocycles. The maximum absolute atomic E-state index is 5.73. The summed E-state index contributed by atoms with van der Waals surface area (Å²) < 4.78 is 16.2. The van der Waals surface area contributed by atoms with Gasteiger partial charge >= 0.3 is 0 Å². The van der Waals surface area contributed by atoms with Gasteiger partial charge in [0.15, 0.2) is 0 Å². The van der Waals surface area contributed by atoms with E-state index >= 15 is 0 Å². The predicted molar refractivity (Wildman–Crippen MR) is 73.3 cm³/mol. The first-order chi connectivity index (χ1) is 9.76. The Morgan fingerprint density at radius 3 is 3.10 bits per heavy atom. The molecule has 0 aromatic carbocycles. The van der Waals surface area contributed by atoms with Crippen LogP contribution in [0.25, 0.3) is 0 Å². The average Bonchev–Trinajstić information content (AvgIpc) is 2.94. The molecule has 20 heavy (non-hydrogen) atoms. The van der Waals surface area contributed by atoms with Gasteiger partial charge in [-0.3, -0.25) is 4.90 Å². The molecule has 2 N–H and O–H groups in total. The van der Waals surface area contributed by atoms with E-state index in [-0.39, 0.29) is 12.2 Å². The lowest BCUT2D eigenvalue weighted by molar-refractivity contribution is -0.0350. The van der Waals surface area contributed by atoms with Crippen molar-refractivity contribution in [3.05, 3.63) is 11.7 Å². The Morgan fingerprint density at radius 2 is 2.40 bits per heavy atom. The van der Waals surface area contributed by atoms with Crippen LogP contribution in [0.15, 0.2) is 4.52 Å². The van der Waals surface area contributed by atoms with Gasteiger partial charge in [-0.15, -0.1) is 0 Å². The quantitative estimate of drug-likeness (QED) is 0.774. The molecule has 2 unspecified atom stereocenters. The number of hydrogen-bond acceptors (Lipinski definition) is 7. The lowest BCUT2D eigenvalue weighted by Gasteiger charge is -2.30. The molecule has 1 aromatic rings. The van der Waals surface area contributed by atoms with E-state index in [4.69, 9.17) is 19.7 Å². The molecule has 1 aromatic heterocycles. The number of morpholine rings is 1. The lowest BCUT2D eigenvalue weighted by Crippen LogP contribution is -2.39. The van der Waals surface area contributed by atoms with Gasteiger partial charge in [0.2, 0.25) is 11.7 Å². The van der Waals surface area contributed by atoms with Gasteiger partial charge in [-0.05, 0) is 13.0 Å². The van der Waals surface area contributed by atoms with Crippen molar-refractivity contribution >= 4 is 0 Å². The molecule has 0 bridgehead atoms. The van der Waals surface area contributed by atoms with E-state index < -0.39 is 0 Å². The summed E-state index contributed by atoms with van der Waals surface area (Å²) in [5.74, 6) is 1.17. The van der Waals surface area contributed by atoms with Crippen LogP contribution in [0.3, 0.4) is 0 Å². The van der Waals surface area contributed by atoms with Crippen LogP contribution in [0, 0.1) is 0 Å². The summed E-state index contributed by atoms with van der Waals surface area (Å²) in [5.41, 5.74) is 5.59. The number of aromatic nitrogens is 2. The minimum Gasteiger partial charge on any atom is -0.380 e. The molecule has 0 aliphatic carbocycles. The third-order valence-electron chi connectivity index (χ3n) is 3.46. The monoisotopic (exact) mass is 284 g/mol. The molecule has 0 saturated carbocycles. The zero-order valence-electron chi connectivity index (χ0n) is 12.2. The Kier molecular flexibility index (Phi) is 5.90. The standard InChI is InChI=1S/C13H24N4O3/c1-3-4-17-5-6-19-11(9-17)13-15-12(20-16-13)7-10(8-14)18-2/h10-11H,3-9,14H2,1-2H3. The van der Waals surface area contributed by atoms with E-state index in [1.54, 1.807) is 7.11 Å². The largest absolute Gasteiger partial charge is 0.380 e. The topological polar surface area (TPSA) is 86.6 Å². The van der Waals surface area contributed by atoms with Gasteiger partial charge in [0.25, 0.3) is 0 Å². The smallest absolute Gasteiger partial charge is 0.229 e. The maximum Gasteiger partial charge on any atom is 0.229 e. The minimum atomic E-state index is -0.105. The van der Waals surface area contributed by atoms with E-state index in [0.717, 1.165) is 26.1 Å². The summed E-state index contributed by atoms with van der Waals surface area (Å²) in [5, 5.41) is 4.02. The number of rotatable bonds is 7. The summed E-state index contributed by atoms with van der Waals surface area (Å²) in [6.45, 7) is 6.17. The minimum absolute atomic E-state index is 0.0906. The van der Waals surface area contributed by atoms with E-state index in [1.807, 2.05) is 0 Å². The van der Waals surface area contributed by atoms with Crippen molar-refractivity contribution in [2.45, 2.75) is 32.0 Å². The van der Waals surface area contributed by atoms with Crippen LogP contribution in [0.5, 0.6) is 0 Å². The molecular weight excluding hydrogens is 260 g/mol. The average molecular weight is 284 g/mol. The molecule has 7 heteroatoms. The first-order valence-electron chi connectivity index (χ1n) is 7.16. The van der Waals surface area contributed by atoms with Crippen LogP contribution in [0.1, 0.15) is 31.2 Å². The normalized spacial score (nSPS) is 22.1. The Morgan fingerprint density at radius 1 is 1.55 bits per heavy atom. The van der Waals surface area contributed by atoms with Crippen LogP contribution >= 0.6 is 0 Å². The fraction of sp³-hybridized carbons (Fsp3) is 0.846. The van der Waals surface area contributed by atoms with Crippen LogP contribution < -0.4 is 5.73 Å². The van der Waals surface area contributed by atoms with Crippen LogP contribution in [-0.2, 0) is 15.9 Å². The van der Waals surface area contributed by atoms with E-state index in [9.17, 15) is 0 Å². The highest BCUT2D eigenvalue weighted by molar-refractivity contribution is 4.95. The summed E-state index contributed by atoms with van der Waals surface area (Å²) in [4.78, 5) is 6.76. The van der Waals surface area contributed by atoms with Gasteiger partial charge in [0.05, 0.1) is 19.1 Å². The summed E-state index contributed by atoms with van der Waals surface area (Å²) in [6.07, 6.45) is 1.47. The molecule has 2 heterocycles. The number of methoxy groups -OCH3 is 1. The Bertz CT molecular complexity index is 393. The van der Waals surface area contributed by atoms with E-state index in [1.165, 1.54) is 0 Å². The van der Waals surface area contributed by atoms with Gasteiger partial charge in [0, 0.05) is 26.7 Å². The van der Waals surface area contributed by atoms with Gasteiger partial charge in [-0.25, -0.2) is 0 Å². The molecule has 2 rings (SSSR count). The number of ether oxygens (including phenoxy) is 2. The first-order valence-corrected chi connectivity index (χ1v) is 7.16. The second-order valence-electron chi connectivity index (χ2n) is 5.00. The number of nitrogens with zero attached hydrogens (tertiary/aromatic N) is 3. The van der Waals surface area contributed by atoms with Crippen molar-refractivity contribution in [3.8, 4) is 0 Å². The van der Waals surface area contributed by atoms with Gasteiger partial charge in [-0.2, -0.15) is 4.98 Å². The molecule has 0 radical (unpaired) electrons. The van der Waals surface area contributed by atoms with Crippen molar-refractivity contribution < 1.29 is 14.0 Å². The second-order valence-corrected chi connectivity index (χ2v) is 5.00. The molecule has 1 fully saturated rings.